The lowest BCUT2D eigenvalue weighted by Crippen LogP contribution is -2.49. The summed E-state index contributed by atoms with van der Waals surface area (Å²) in [6.07, 6.45) is 11.9. The van der Waals surface area contributed by atoms with Crippen molar-refractivity contribution >= 4 is 29.2 Å². The predicted molar refractivity (Wildman–Crippen MR) is 159 cm³/mol. The minimum atomic E-state index is -0.368. The van der Waals surface area contributed by atoms with Crippen LogP contribution in [0.1, 0.15) is 96.0 Å². The second-order valence-corrected chi connectivity index (χ2v) is 13.2. The van der Waals surface area contributed by atoms with E-state index in [1.807, 2.05) is 18.7 Å². The Labute approximate surface area is 238 Å². The third-order valence-electron chi connectivity index (χ3n) is 8.85. The van der Waals surface area contributed by atoms with Gasteiger partial charge in [-0.25, -0.2) is 0 Å². The number of hydrogen-bond acceptors (Lipinski definition) is 6. The Balaban J connectivity index is 1.24. The number of hydrogen-bond donors (Lipinski definition) is 3. The normalized spacial score (nSPS) is 26.2. The number of carbonyl (C=O) groups excluding carboxylic acids is 2. The van der Waals surface area contributed by atoms with Crippen molar-refractivity contribution in [1.29, 1.82) is 5.41 Å². The lowest BCUT2D eigenvalue weighted by atomic mass is 9.91. The fraction of sp³-hybridized carbons (Fsp3) is 0.656. The number of Topliss-reactive ketones (excluding diaryl/α,β-unsaturated/α-hetero) is 1. The topological polar surface area (TPSA) is 93.5 Å². The summed E-state index contributed by atoms with van der Waals surface area (Å²) in [5.41, 5.74) is 3.10. The lowest BCUT2D eigenvalue weighted by Gasteiger charge is -2.36. The number of amides is 1. The minimum absolute atomic E-state index is 0.0597. The molecule has 1 aromatic rings. The summed E-state index contributed by atoms with van der Waals surface area (Å²) in [5.74, 6) is 0.597. The average Bonchev–Trinajstić information content (AvgIpc) is 3.16. The molecule has 214 valence electrons. The van der Waals surface area contributed by atoms with Crippen molar-refractivity contribution in [2.75, 3.05) is 13.1 Å². The largest absolute Gasteiger partial charge is 0.393 e. The van der Waals surface area contributed by atoms with E-state index >= 15 is 0 Å². The van der Waals surface area contributed by atoms with Crippen LogP contribution in [0.5, 0.6) is 0 Å². The Hall–Kier alpha value is -2.12. The summed E-state index contributed by atoms with van der Waals surface area (Å²) >= 11 is 2.03. The number of thioether (sulfide) groups is 1. The van der Waals surface area contributed by atoms with Gasteiger partial charge in [0, 0.05) is 40.4 Å². The monoisotopic (exact) mass is 553 g/mol. The van der Waals surface area contributed by atoms with Crippen LogP contribution in [0.3, 0.4) is 0 Å². The van der Waals surface area contributed by atoms with Gasteiger partial charge in [-0.15, -0.1) is 11.8 Å². The van der Waals surface area contributed by atoms with E-state index in [1.165, 1.54) is 42.6 Å². The summed E-state index contributed by atoms with van der Waals surface area (Å²) in [7, 11) is 0. The zero-order valence-corrected chi connectivity index (χ0v) is 24.7. The molecule has 0 bridgehead atoms. The maximum atomic E-state index is 13.1. The smallest absolute Gasteiger partial charge is 0.272 e. The van der Waals surface area contributed by atoms with Gasteiger partial charge in [0.05, 0.1) is 12.6 Å². The number of likely N-dealkylation sites (tertiary alicyclic amines) is 1. The Bertz CT molecular complexity index is 1050. The van der Waals surface area contributed by atoms with E-state index in [4.69, 9.17) is 5.41 Å². The number of carbonyl (C=O) groups is 2. The van der Waals surface area contributed by atoms with Gasteiger partial charge in [0.15, 0.2) is 5.78 Å². The molecule has 3 N–H and O–H groups in total. The Morgan fingerprint density at radius 2 is 1.87 bits per heavy atom. The first-order valence-corrected chi connectivity index (χ1v) is 16.0. The van der Waals surface area contributed by atoms with Gasteiger partial charge in [-0.2, -0.15) is 0 Å². The van der Waals surface area contributed by atoms with Crippen molar-refractivity contribution in [3.8, 4) is 0 Å². The standard InChI is InChI=1S/C32H47N3O3S/c1-22-8-3-6-13-30(22)39-27-10-7-9-24(15-17-27)14-16-26(37)21-34-29-12-5-4-11-28(29)31(33)32(38)35-19-18-25(36)20-23(35)2/h3,6,8,13,23-25,27,33-34,36H,4-5,7,9-12,14-21H2,1-2H3/t23-,24?,25-,27?/m0/s1. The number of aliphatic hydroxyl groups excluding tert-OH is 1. The van der Waals surface area contributed by atoms with Gasteiger partial charge >= 0.3 is 0 Å². The molecule has 0 aromatic heterocycles. The van der Waals surface area contributed by atoms with Crippen LogP contribution in [-0.2, 0) is 9.59 Å². The Morgan fingerprint density at radius 1 is 1.08 bits per heavy atom. The van der Waals surface area contributed by atoms with Gasteiger partial charge < -0.3 is 15.3 Å². The molecule has 0 radical (unpaired) electrons. The summed E-state index contributed by atoms with van der Waals surface area (Å²) in [6.45, 7) is 4.91. The third-order valence-corrected chi connectivity index (χ3v) is 10.4. The molecule has 0 spiro atoms. The predicted octanol–water partition coefficient (Wildman–Crippen LogP) is 6.19. The first-order chi connectivity index (χ1) is 18.8. The van der Waals surface area contributed by atoms with Crippen molar-refractivity contribution in [2.24, 2.45) is 5.92 Å². The molecular formula is C32H47N3O3S. The zero-order valence-electron chi connectivity index (χ0n) is 23.8. The molecule has 1 saturated heterocycles. The molecule has 2 aliphatic carbocycles. The molecule has 3 aliphatic rings. The van der Waals surface area contributed by atoms with Crippen molar-refractivity contribution in [1.82, 2.24) is 10.2 Å². The summed E-state index contributed by atoms with van der Waals surface area (Å²) in [4.78, 5) is 29.1. The van der Waals surface area contributed by atoms with Crippen molar-refractivity contribution in [3.63, 3.8) is 0 Å². The maximum Gasteiger partial charge on any atom is 0.272 e. The number of ketones is 1. The highest BCUT2D eigenvalue weighted by Crippen LogP contribution is 2.37. The Morgan fingerprint density at radius 3 is 2.67 bits per heavy atom. The van der Waals surface area contributed by atoms with Crippen molar-refractivity contribution in [2.45, 2.75) is 120 Å². The second-order valence-electron chi connectivity index (χ2n) is 11.9. The van der Waals surface area contributed by atoms with Crippen LogP contribution in [0.15, 0.2) is 40.4 Å². The highest BCUT2D eigenvalue weighted by molar-refractivity contribution is 8.00. The Kier molecular flexibility index (Phi) is 11.1. The molecule has 1 amide bonds. The number of piperidine rings is 1. The molecule has 4 rings (SSSR count). The lowest BCUT2D eigenvalue weighted by molar-refractivity contribution is -0.128. The zero-order chi connectivity index (χ0) is 27.8. The van der Waals surface area contributed by atoms with Gasteiger partial charge in [0.2, 0.25) is 0 Å². The number of allylic oxidation sites excluding steroid dienone is 1. The number of rotatable bonds is 10. The molecule has 1 aliphatic heterocycles. The van der Waals surface area contributed by atoms with Crippen molar-refractivity contribution < 1.29 is 14.7 Å². The first-order valence-electron chi connectivity index (χ1n) is 15.1. The average molecular weight is 554 g/mol. The third kappa shape index (κ3) is 8.43. The highest BCUT2D eigenvalue weighted by atomic mass is 32.2. The van der Waals surface area contributed by atoms with Crippen LogP contribution < -0.4 is 5.32 Å². The molecule has 7 heteroatoms. The van der Waals surface area contributed by atoms with E-state index in [-0.39, 0.29) is 36.1 Å². The van der Waals surface area contributed by atoms with Gasteiger partial charge in [0.1, 0.15) is 5.71 Å². The van der Waals surface area contributed by atoms with Crippen LogP contribution in [0.4, 0.5) is 0 Å². The fourth-order valence-electron chi connectivity index (χ4n) is 6.38. The fourth-order valence-corrected chi connectivity index (χ4v) is 7.68. The minimum Gasteiger partial charge on any atom is -0.393 e. The summed E-state index contributed by atoms with van der Waals surface area (Å²) < 4.78 is 0. The molecule has 1 saturated carbocycles. The van der Waals surface area contributed by atoms with E-state index in [9.17, 15) is 14.7 Å². The molecule has 6 nitrogen and oxygen atoms in total. The van der Waals surface area contributed by atoms with Crippen LogP contribution in [-0.4, -0.2) is 57.9 Å². The number of aliphatic hydroxyl groups is 1. The maximum absolute atomic E-state index is 13.1. The second kappa shape index (κ2) is 14.5. The molecule has 1 heterocycles. The molecule has 1 aromatic carbocycles. The van der Waals surface area contributed by atoms with E-state index in [0.29, 0.717) is 43.4 Å². The van der Waals surface area contributed by atoms with E-state index in [2.05, 4.69) is 36.5 Å². The first kappa shape index (κ1) is 29.9. The molecule has 2 unspecified atom stereocenters. The quantitative estimate of drug-likeness (QED) is 0.237. The van der Waals surface area contributed by atoms with Crippen LogP contribution in [0.2, 0.25) is 0 Å². The number of aryl methyl sites for hydroxylation is 1. The van der Waals surface area contributed by atoms with E-state index < -0.39 is 0 Å². The van der Waals surface area contributed by atoms with E-state index in [0.717, 1.165) is 37.0 Å². The number of benzene rings is 1. The van der Waals surface area contributed by atoms with Gasteiger partial charge in [0.25, 0.3) is 5.91 Å². The van der Waals surface area contributed by atoms with E-state index in [1.54, 1.807) is 4.90 Å². The number of nitrogens with zero attached hydrogens (tertiary/aromatic N) is 1. The SMILES string of the molecule is Cc1ccccc1SC1CCCC(CCC(=O)CNC2=C(C(=N)C(=O)N3CC[C@H](O)C[C@@H]3C)CCCC2)CC1. The number of nitrogens with one attached hydrogen (secondary N) is 2. The summed E-state index contributed by atoms with van der Waals surface area (Å²) in [5, 5.41) is 22.6. The van der Waals surface area contributed by atoms with Crippen LogP contribution in [0.25, 0.3) is 0 Å². The van der Waals surface area contributed by atoms with Crippen LogP contribution >= 0.6 is 11.8 Å². The van der Waals surface area contributed by atoms with Gasteiger partial charge in [-0.3, -0.25) is 15.0 Å². The highest BCUT2D eigenvalue weighted by Gasteiger charge is 2.32. The summed E-state index contributed by atoms with van der Waals surface area (Å²) in [6, 6.07) is 8.59. The molecule has 2 fully saturated rings. The van der Waals surface area contributed by atoms with Gasteiger partial charge in [-0.05, 0) is 95.6 Å². The van der Waals surface area contributed by atoms with Gasteiger partial charge in [-0.1, -0.05) is 31.0 Å². The molecular weight excluding hydrogens is 506 g/mol. The van der Waals surface area contributed by atoms with Crippen molar-refractivity contribution in [3.05, 3.63) is 41.1 Å². The van der Waals surface area contributed by atoms with Crippen LogP contribution in [0, 0.1) is 18.3 Å². The molecule has 39 heavy (non-hydrogen) atoms. The molecule has 4 atom stereocenters.